The average Bonchev–Trinajstić information content (AvgIpc) is 2.31. The second kappa shape index (κ2) is 4.77. The molecule has 1 atom stereocenters. The second-order valence-electron chi connectivity index (χ2n) is 3.64. The third kappa shape index (κ3) is 2.38. The standard InChI is InChI=1S/C13H13NO2/c15-12-6-2-1-5-11(12)13(16)8-10-4-3-7-14-9-10/h1-7,9,13,15-16H,8H2. The molecule has 82 valence electrons. The van der Waals surface area contributed by atoms with Gasteiger partial charge in [0.1, 0.15) is 5.75 Å². The van der Waals surface area contributed by atoms with E-state index < -0.39 is 6.10 Å². The molecule has 1 heterocycles. The van der Waals surface area contributed by atoms with Crippen molar-refractivity contribution in [3.63, 3.8) is 0 Å². The summed E-state index contributed by atoms with van der Waals surface area (Å²) < 4.78 is 0. The molecule has 0 radical (unpaired) electrons. The molecular weight excluding hydrogens is 202 g/mol. The molecule has 0 amide bonds. The summed E-state index contributed by atoms with van der Waals surface area (Å²) in [6.07, 6.45) is 3.15. The van der Waals surface area contributed by atoms with Crippen LogP contribution in [0.3, 0.4) is 0 Å². The van der Waals surface area contributed by atoms with Crippen LogP contribution in [0.4, 0.5) is 0 Å². The minimum atomic E-state index is -0.703. The molecule has 1 aromatic heterocycles. The molecule has 0 fully saturated rings. The van der Waals surface area contributed by atoms with Gasteiger partial charge in [0.25, 0.3) is 0 Å². The molecule has 2 rings (SSSR count). The molecule has 0 spiro atoms. The van der Waals surface area contributed by atoms with E-state index in [0.717, 1.165) is 5.56 Å². The zero-order valence-corrected chi connectivity index (χ0v) is 8.74. The Hall–Kier alpha value is -1.87. The van der Waals surface area contributed by atoms with Gasteiger partial charge in [-0.05, 0) is 17.7 Å². The highest BCUT2D eigenvalue weighted by molar-refractivity contribution is 5.34. The molecule has 3 heteroatoms. The van der Waals surface area contributed by atoms with Crippen LogP contribution < -0.4 is 0 Å². The maximum atomic E-state index is 9.97. The first kappa shape index (κ1) is 10.6. The fourth-order valence-electron chi connectivity index (χ4n) is 1.62. The SMILES string of the molecule is Oc1ccccc1C(O)Cc1cccnc1. The monoisotopic (exact) mass is 215 g/mol. The normalized spacial score (nSPS) is 12.3. The van der Waals surface area contributed by atoms with E-state index in [2.05, 4.69) is 4.98 Å². The summed E-state index contributed by atoms with van der Waals surface area (Å²) in [5, 5.41) is 19.6. The highest BCUT2D eigenvalue weighted by Crippen LogP contribution is 2.25. The summed E-state index contributed by atoms with van der Waals surface area (Å²) in [6, 6.07) is 10.5. The van der Waals surface area contributed by atoms with Crippen LogP contribution in [0.25, 0.3) is 0 Å². The van der Waals surface area contributed by atoms with Crippen LogP contribution in [0.1, 0.15) is 17.2 Å². The van der Waals surface area contributed by atoms with E-state index >= 15 is 0 Å². The van der Waals surface area contributed by atoms with Crippen molar-refractivity contribution >= 4 is 0 Å². The number of hydrogen-bond donors (Lipinski definition) is 2. The van der Waals surface area contributed by atoms with Crippen molar-refractivity contribution < 1.29 is 10.2 Å². The Morgan fingerprint density at radius 1 is 1.12 bits per heavy atom. The van der Waals surface area contributed by atoms with E-state index in [1.54, 1.807) is 36.7 Å². The number of para-hydroxylation sites is 1. The van der Waals surface area contributed by atoms with Crippen molar-refractivity contribution in [3.8, 4) is 5.75 Å². The van der Waals surface area contributed by atoms with Crippen LogP contribution >= 0.6 is 0 Å². The van der Waals surface area contributed by atoms with Gasteiger partial charge in [0, 0.05) is 24.4 Å². The van der Waals surface area contributed by atoms with Crippen molar-refractivity contribution in [1.29, 1.82) is 0 Å². The quantitative estimate of drug-likeness (QED) is 0.824. The highest BCUT2D eigenvalue weighted by atomic mass is 16.3. The number of nitrogens with zero attached hydrogens (tertiary/aromatic N) is 1. The maximum absolute atomic E-state index is 9.97. The van der Waals surface area contributed by atoms with Gasteiger partial charge < -0.3 is 10.2 Å². The van der Waals surface area contributed by atoms with Crippen LogP contribution in [0.2, 0.25) is 0 Å². The van der Waals surface area contributed by atoms with Crippen molar-refractivity contribution in [2.24, 2.45) is 0 Å². The Morgan fingerprint density at radius 2 is 1.94 bits per heavy atom. The lowest BCUT2D eigenvalue weighted by molar-refractivity contribution is 0.174. The van der Waals surface area contributed by atoms with Crippen LogP contribution in [0.15, 0.2) is 48.8 Å². The Labute approximate surface area is 94.0 Å². The number of aliphatic hydroxyl groups excluding tert-OH is 1. The summed E-state index contributed by atoms with van der Waals surface area (Å²) in [6.45, 7) is 0. The predicted octanol–water partition coefficient (Wildman–Crippen LogP) is 2.06. The van der Waals surface area contributed by atoms with Crippen LogP contribution in [0, 0.1) is 0 Å². The Kier molecular flexibility index (Phi) is 3.17. The molecule has 2 aromatic rings. The highest BCUT2D eigenvalue weighted by Gasteiger charge is 2.11. The van der Waals surface area contributed by atoms with Gasteiger partial charge in [-0.25, -0.2) is 0 Å². The van der Waals surface area contributed by atoms with Crippen molar-refractivity contribution in [3.05, 3.63) is 59.9 Å². The molecule has 1 aromatic carbocycles. The molecule has 0 saturated carbocycles. The molecule has 3 nitrogen and oxygen atoms in total. The summed E-state index contributed by atoms with van der Waals surface area (Å²) in [4.78, 5) is 3.98. The summed E-state index contributed by atoms with van der Waals surface area (Å²) in [5.74, 6) is 0.124. The number of aliphatic hydroxyl groups is 1. The molecule has 0 saturated heterocycles. The molecule has 16 heavy (non-hydrogen) atoms. The van der Waals surface area contributed by atoms with Gasteiger partial charge in [-0.2, -0.15) is 0 Å². The number of aromatic hydroxyl groups is 1. The topological polar surface area (TPSA) is 53.4 Å². The Bertz CT molecular complexity index is 456. The van der Waals surface area contributed by atoms with Crippen LogP contribution in [0.5, 0.6) is 5.75 Å². The lowest BCUT2D eigenvalue weighted by atomic mass is 10.0. The van der Waals surface area contributed by atoms with Gasteiger partial charge in [0.05, 0.1) is 6.10 Å². The van der Waals surface area contributed by atoms with Gasteiger partial charge in [-0.15, -0.1) is 0 Å². The summed E-state index contributed by atoms with van der Waals surface area (Å²) in [5.41, 5.74) is 1.49. The third-order valence-corrected chi connectivity index (χ3v) is 2.45. The number of pyridine rings is 1. The van der Waals surface area contributed by atoms with E-state index in [1.165, 1.54) is 0 Å². The van der Waals surface area contributed by atoms with Crippen molar-refractivity contribution in [2.75, 3.05) is 0 Å². The number of hydrogen-bond acceptors (Lipinski definition) is 3. The molecule has 2 N–H and O–H groups in total. The third-order valence-electron chi connectivity index (χ3n) is 2.45. The average molecular weight is 215 g/mol. The first-order valence-electron chi connectivity index (χ1n) is 5.12. The number of aromatic nitrogens is 1. The number of rotatable bonds is 3. The van der Waals surface area contributed by atoms with E-state index in [0.29, 0.717) is 12.0 Å². The first-order chi connectivity index (χ1) is 7.77. The van der Waals surface area contributed by atoms with Crippen molar-refractivity contribution in [2.45, 2.75) is 12.5 Å². The molecular formula is C13H13NO2. The molecule has 0 bridgehead atoms. The smallest absolute Gasteiger partial charge is 0.121 e. The lowest BCUT2D eigenvalue weighted by Gasteiger charge is -2.12. The van der Waals surface area contributed by atoms with E-state index in [4.69, 9.17) is 0 Å². The van der Waals surface area contributed by atoms with Gasteiger partial charge in [0.2, 0.25) is 0 Å². The van der Waals surface area contributed by atoms with E-state index in [1.807, 2.05) is 12.1 Å². The van der Waals surface area contributed by atoms with Crippen LogP contribution in [-0.2, 0) is 6.42 Å². The van der Waals surface area contributed by atoms with E-state index in [-0.39, 0.29) is 5.75 Å². The molecule has 0 aliphatic heterocycles. The molecule has 1 unspecified atom stereocenters. The fraction of sp³-hybridized carbons (Fsp3) is 0.154. The second-order valence-corrected chi connectivity index (χ2v) is 3.64. The van der Waals surface area contributed by atoms with Crippen molar-refractivity contribution in [1.82, 2.24) is 4.98 Å². The summed E-state index contributed by atoms with van der Waals surface area (Å²) in [7, 11) is 0. The zero-order valence-electron chi connectivity index (χ0n) is 8.74. The zero-order chi connectivity index (χ0) is 11.4. The largest absolute Gasteiger partial charge is 0.508 e. The van der Waals surface area contributed by atoms with Gasteiger partial charge >= 0.3 is 0 Å². The number of phenols is 1. The minimum Gasteiger partial charge on any atom is -0.508 e. The number of phenolic OH excluding ortho intramolecular Hbond substituents is 1. The Balaban J connectivity index is 2.15. The lowest BCUT2D eigenvalue weighted by Crippen LogP contribution is -2.02. The van der Waals surface area contributed by atoms with Crippen LogP contribution in [-0.4, -0.2) is 15.2 Å². The van der Waals surface area contributed by atoms with E-state index in [9.17, 15) is 10.2 Å². The van der Waals surface area contributed by atoms with Gasteiger partial charge in [-0.3, -0.25) is 4.98 Å². The fourth-order valence-corrected chi connectivity index (χ4v) is 1.62. The Morgan fingerprint density at radius 3 is 2.62 bits per heavy atom. The van der Waals surface area contributed by atoms with Gasteiger partial charge in [-0.1, -0.05) is 24.3 Å². The predicted molar refractivity (Wildman–Crippen MR) is 61.0 cm³/mol. The molecule has 0 aliphatic carbocycles. The first-order valence-corrected chi connectivity index (χ1v) is 5.12. The minimum absolute atomic E-state index is 0.124. The summed E-state index contributed by atoms with van der Waals surface area (Å²) >= 11 is 0. The molecule has 0 aliphatic rings. The maximum Gasteiger partial charge on any atom is 0.121 e. The van der Waals surface area contributed by atoms with Gasteiger partial charge in [0.15, 0.2) is 0 Å². The number of benzene rings is 1.